The van der Waals surface area contributed by atoms with Crippen LogP contribution in [0.3, 0.4) is 0 Å². The van der Waals surface area contributed by atoms with Gasteiger partial charge in [-0.15, -0.1) is 0 Å². The normalized spacial score (nSPS) is 15.8. The van der Waals surface area contributed by atoms with Gasteiger partial charge in [-0.1, -0.05) is 62.6 Å². The number of rotatable bonds is 36. The summed E-state index contributed by atoms with van der Waals surface area (Å²) in [5.41, 5.74) is 2.96. The van der Waals surface area contributed by atoms with Crippen LogP contribution in [0.1, 0.15) is 68.6 Å². The van der Waals surface area contributed by atoms with Crippen molar-refractivity contribution in [1.29, 1.82) is 0 Å². The fraction of sp³-hybridized carbons (Fsp3) is 0.609. The van der Waals surface area contributed by atoms with Crippen LogP contribution < -0.4 is 13.8 Å². The molecule has 24 heteroatoms. The molecule has 3 aromatic rings. The number of hydrogen-bond acceptors (Lipinski definition) is 18. The first-order valence-corrected chi connectivity index (χ1v) is 32.5. The van der Waals surface area contributed by atoms with Crippen molar-refractivity contribution in [3.8, 4) is 17.2 Å². The van der Waals surface area contributed by atoms with Crippen LogP contribution in [0, 0.1) is 0 Å². The predicted octanol–water partition coefficient (Wildman–Crippen LogP) is 11.9. The van der Waals surface area contributed by atoms with Crippen molar-refractivity contribution in [3.05, 3.63) is 89.5 Å². The van der Waals surface area contributed by atoms with E-state index in [2.05, 4.69) is 11.6 Å². The summed E-state index contributed by atoms with van der Waals surface area (Å²) in [7, 11) is -0.422. The van der Waals surface area contributed by atoms with Gasteiger partial charge in [0.2, 0.25) is 0 Å². The maximum Gasteiger partial charge on any atom is 0.368 e. The largest absolute Gasteiger partial charge is 0.465 e. The van der Waals surface area contributed by atoms with Gasteiger partial charge in [0, 0.05) is 101 Å². The van der Waals surface area contributed by atoms with Crippen molar-refractivity contribution in [1.82, 2.24) is 14.5 Å². The molecular weight excluding hydrogens is 1020 g/mol. The Balaban J connectivity index is 1.62. The molecule has 4 rings (SSSR count). The Labute approximate surface area is 423 Å². The summed E-state index contributed by atoms with van der Waals surface area (Å²) in [6.45, 7) is 1.51. The Hall–Kier alpha value is -1.65. The predicted molar refractivity (Wildman–Crippen MR) is 280 cm³/mol. The van der Waals surface area contributed by atoms with Gasteiger partial charge in [-0.05, 0) is 85.2 Å². The van der Waals surface area contributed by atoms with Crippen LogP contribution in [0.4, 0.5) is 0 Å². The van der Waals surface area contributed by atoms with Crippen molar-refractivity contribution < 1.29 is 68.4 Å². The van der Waals surface area contributed by atoms with Crippen LogP contribution in [0.5, 0.6) is 17.2 Å². The highest BCUT2D eigenvalue weighted by molar-refractivity contribution is 8.09. The molecule has 396 valence electrons. The van der Waals surface area contributed by atoms with Crippen molar-refractivity contribution in [2.24, 2.45) is 0 Å². The minimum atomic E-state index is -3.50. The minimum Gasteiger partial charge on any atom is -0.465 e. The van der Waals surface area contributed by atoms with Gasteiger partial charge >= 0.3 is 29.4 Å². The van der Waals surface area contributed by atoms with E-state index in [4.69, 9.17) is 66.5 Å². The van der Waals surface area contributed by atoms with E-state index >= 15 is 0 Å². The Morgan fingerprint density at radius 2 is 1.04 bits per heavy atom. The zero-order valence-corrected chi connectivity index (χ0v) is 47.6. The topological polar surface area (TPSA) is 172 Å². The Bertz CT molecular complexity index is 2090. The summed E-state index contributed by atoms with van der Waals surface area (Å²) in [5.74, 6) is 1.82. The van der Waals surface area contributed by atoms with Gasteiger partial charge in [0.15, 0.2) is 14.7 Å². The minimum absolute atomic E-state index is 0.0726. The van der Waals surface area contributed by atoms with E-state index in [1.54, 1.807) is 19.1 Å². The zero-order valence-electron chi connectivity index (χ0n) is 42.3. The van der Waals surface area contributed by atoms with E-state index < -0.39 is 37.8 Å². The molecule has 18 nitrogen and oxygen atoms in total. The molecule has 0 bridgehead atoms. The molecule has 0 aromatic heterocycles. The molecule has 2 unspecified atom stereocenters. The lowest BCUT2D eigenvalue weighted by Crippen LogP contribution is -2.29. The highest BCUT2D eigenvalue weighted by Gasteiger charge is 2.34. The molecular formula is C46H76N3O15P5S. The molecule has 0 N–H and O–H groups in total. The van der Waals surface area contributed by atoms with Crippen molar-refractivity contribution in [2.75, 3.05) is 108 Å². The fourth-order valence-electron chi connectivity index (χ4n) is 7.29. The molecule has 3 aromatic carbocycles. The fourth-order valence-corrected chi connectivity index (χ4v) is 14.6. The standard InChI is InChI=1S/C46H76N3O15P5S/c1-10-11-12-14-31-49(35-42-21-23-43(24-22-42)62-46-16-13-15-34-61-46)69(70,63-44-25-17-40(18-26-44)29-32-47(36-65(53-2)54-3)37-66(50,55-4)56-5)64-45-27-19-41(20-28-45)30-33-48(38-67(51,57-6)58-7)39-68(52,59-8)60-9/h17-28,46H,10-16,29-39H2,1-9H3. The first-order valence-electron chi connectivity index (χ1n) is 23.3. The average Bonchev–Trinajstić information content (AvgIpc) is 3.38. The lowest BCUT2D eigenvalue weighted by atomic mass is 10.1. The number of ether oxygens (including phenoxy) is 2. The van der Waals surface area contributed by atoms with Gasteiger partial charge in [-0.3, -0.25) is 23.5 Å². The van der Waals surface area contributed by atoms with E-state index in [0.29, 0.717) is 63.4 Å². The second-order valence-corrected chi connectivity index (χ2v) is 28.1. The third-order valence-corrected chi connectivity index (χ3v) is 21.6. The summed E-state index contributed by atoms with van der Waals surface area (Å²) in [6, 6.07) is 23.4. The summed E-state index contributed by atoms with van der Waals surface area (Å²) in [4.78, 5) is 3.66. The van der Waals surface area contributed by atoms with Crippen molar-refractivity contribution >= 4 is 49.6 Å². The molecule has 1 aliphatic rings. The maximum absolute atomic E-state index is 13.2. The Kier molecular flexibility index (Phi) is 27.2. The van der Waals surface area contributed by atoms with Crippen LogP contribution in [-0.2, 0) is 85.8 Å². The van der Waals surface area contributed by atoms with E-state index in [0.717, 1.165) is 67.4 Å². The smallest absolute Gasteiger partial charge is 0.368 e. The number of hydrogen-bond donors (Lipinski definition) is 0. The quantitative estimate of drug-likeness (QED) is 0.0397. The summed E-state index contributed by atoms with van der Waals surface area (Å²) >= 11 is 6.58. The average molecular weight is 1100 g/mol. The molecule has 70 heavy (non-hydrogen) atoms. The van der Waals surface area contributed by atoms with E-state index in [1.165, 1.54) is 42.7 Å². The van der Waals surface area contributed by atoms with E-state index in [9.17, 15) is 13.7 Å². The summed E-state index contributed by atoms with van der Waals surface area (Å²) in [5, 5.41) is 0. The molecule has 1 fully saturated rings. The molecule has 1 saturated heterocycles. The maximum atomic E-state index is 13.2. The van der Waals surface area contributed by atoms with Crippen molar-refractivity contribution in [2.45, 2.75) is 77.5 Å². The van der Waals surface area contributed by atoms with Crippen LogP contribution in [-0.4, -0.2) is 129 Å². The van der Waals surface area contributed by atoms with Crippen molar-refractivity contribution in [3.63, 3.8) is 0 Å². The van der Waals surface area contributed by atoms with E-state index in [-0.39, 0.29) is 25.1 Å². The lowest BCUT2D eigenvalue weighted by Gasteiger charge is -2.34. The second kappa shape index (κ2) is 31.3. The highest BCUT2D eigenvalue weighted by Crippen LogP contribution is 2.54. The monoisotopic (exact) mass is 1100 g/mol. The number of unbranched alkanes of at least 4 members (excludes halogenated alkanes) is 3. The SMILES string of the molecule is CCCCCCN(Cc1ccc(OC2CCCCO2)cc1)P(=S)(Oc1ccc(CCN(CP(OC)OC)CP(=O)(OC)OC)cc1)Oc1ccc(CCN(CP(=O)(OC)OC)CP(=O)(OC)OC)cc1. The number of benzene rings is 3. The third kappa shape index (κ3) is 20.6. The Morgan fingerprint density at radius 1 is 0.586 bits per heavy atom. The molecule has 0 aliphatic carbocycles. The molecule has 0 saturated carbocycles. The number of nitrogens with zero attached hydrogens (tertiary/aromatic N) is 3. The van der Waals surface area contributed by atoms with Gasteiger partial charge in [0.1, 0.15) is 36.1 Å². The molecule has 2 atom stereocenters. The lowest BCUT2D eigenvalue weighted by molar-refractivity contribution is -0.105. The summed E-state index contributed by atoms with van der Waals surface area (Å²) in [6.07, 6.45) is 8.14. The van der Waals surface area contributed by atoms with Gasteiger partial charge in [0.05, 0.1) is 12.9 Å². The molecule has 0 amide bonds. The van der Waals surface area contributed by atoms with Gasteiger partial charge < -0.3 is 54.7 Å². The molecule has 1 aliphatic heterocycles. The second-order valence-electron chi connectivity index (χ2n) is 16.4. The van der Waals surface area contributed by atoms with Gasteiger partial charge in [-0.2, -0.15) is 0 Å². The van der Waals surface area contributed by atoms with Gasteiger partial charge in [0.25, 0.3) is 0 Å². The Morgan fingerprint density at radius 3 is 1.49 bits per heavy atom. The third-order valence-electron chi connectivity index (χ3n) is 11.5. The van der Waals surface area contributed by atoms with E-state index in [1.807, 2.05) is 77.7 Å². The molecule has 0 radical (unpaired) electrons. The van der Waals surface area contributed by atoms with Gasteiger partial charge in [-0.25, -0.2) is 4.67 Å². The molecule has 1 heterocycles. The van der Waals surface area contributed by atoms with Crippen LogP contribution in [0.25, 0.3) is 0 Å². The summed E-state index contributed by atoms with van der Waals surface area (Å²) < 4.78 is 110. The highest BCUT2D eigenvalue weighted by atomic mass is 32.5. The first kappa shape index (κ1) is 60.9. The van der Waals surface area contributed by atoms with Crippen LogP contribution in [0.15, 0.2) is 72.8 Å². The van der Waals surface area contributed by atoms with Crippen LogP contribution >= 0.6 is 37.8 Å². The zero-order chi connectivity index (χ0) is 51.0. The first-order chi connectivity index (χ1) is 33.6. The van der Waals surface area contributed by atoms with Crippen LogP contribution in [0.2, 0.25) is 0 Å². The molecule has 0 spiro atoms.